The van der Waals surface area contributed by atoms with E-state index in [1.54, 1.807) is 37.3 Å². The van der Waals surface area contributed by atoms with Crippen LogP contribution in [0.15, 0.2) is 47.1 Å². The number of amides is 2. The van der Waals surface area contributed by atoms with Gasteiger partial charge in [-0.3, -0.25) is 14.4 Å². The number of carbonyl (C=O) groups excluding carboxylic acids is 3. The van der Waals surface area contributed by atoms with Gasteiger partial charge in [0.05, 0.1) is 12.8 Å². The van der Waals surface area contributed by atoms with Gasteiger partial charge in [-0.25, -0.2) is 0 Å². The van der Waals surface area contributed by atoms with Crippen molar-refractivity contribution in [3.63, 3.8) is 0 Å². The fourth-order valence-corrected chi connectivity index (χ4v) is 2.10. The minimum Gasteiger partial charge on any atom is -0.467 e. The van der Waals surface area contributed by atoms with Gasteiger partial charge in [-0.1, -0.05) is 18.2 Å². The molecule has 2 amide bonds. The zero-order valence-corrected chi connectivity index (χ0v) is 14.1. The van der Waals surface area contributed by atoms with Crippen LogP contribution in [0.25, 0.3) is 0 Å². The van der Waals surface area contributed by atoms with Crippen LogP contribution in [0.5, 0.6) is 0 Å². The van der Waals surface area contributed by atoms with Gasteiger partial charge < -0.3 is 19.8 Å². The van der Waals surface area contributed by atoms with Gasteiger partial charge in [0.2, 0.25) is 0 Å². The molecule has 0 bridgehead atoms. The molecule has 2 N–H and O–H groups in total. The Morgan fingerprint density at radius 1 is 1.12 bits per heavy atom. The first-order valence-corrected chi connectivity index (χ1v) is 7.80. The van der Waals surface area contributed by atoms with Gasteiger partial charge in [0, 0.05) is 5.56 Å². The number of carbonyl (C=O) groups is 3. The van der Waals surface area contributed by atoms with Crippen LogP contribution in [0.4, 0.5) is 0 Å². The second kappa shape index (κ2) is 8.68. The number of esters is 1. The summed E-state index contributed by atoms with van der Waals surface area (Å²) in [7, 11) is 0. The van der Waals surface area contributed by atoms with Crippen LogP contribution in [-0.2, 0) is 20.9 Å². The molecule has 2 aromatic rings. The maximum Gasteiger partial charge on any atom is 0.326 e. The molecule has 1 aromatic carbocycles. The van der Waals surface area contributed by atoms with E-state index in [1.165, 1.54) is 13.2 Å². The number of hydrogen-bond acceptors (Lipinski definition) is 5. The Labute approximate surface area is 145 Å². The SMILES string of the molecule is Cc1ccccc1C(=O)NCC(=O)O[C@H](C)C(=O)NCc1ccco1. The second-order valence-electron chi connectivity index (χ2n) is 5.43. The van der Waals surface area contributed by atoms with Gasteiger partial charge in [0.1, 0.15) is 12.3 Å². The first-order chi connectivity index (χ1) is 12.0. The Hall–Kier alpha value is -3.09. The van der Waals surface area contributed by atoms with Gasteiger partial charge in [-0.15, -0.1) is 0 Å². The lowest BCUT2D eigenvalue weighted by Gasteiger charge is -2.13. The number of nitrogens with one attached hydrogen (secondary N) is 2. The molecule has 132 valence electrons. The van der Waals surface area contributed by atoms with Crippen LogP contribution in [0, 0.1) is 6.92 Å². The molecule has 0 aliphatic carbocycles. The third-order valence-corrected chi connectivity index (χ3v) is 3.48. The average molecular weight is 344 g/mol. The smallest absolute Gasteiger partial charge is 0.326 e. The summed E-state index contributed by atoms with van der Waals surface area (Å²) in [4.78, 5) is 35.7. The fraction of sp³-hybridized carbons (Fsp3) is 0.278. The zero-order valence-electron chi connectivity index (χ0n) is 14.1. The first kappa shape index (κ1) is 18.3. The molecule has 0 saturated heterocycles. The second-order valence-corrected chi connectivity index (χ2v) is 5.43. The van der Waals surface area contributed by atoms with Crippen LogP contribution in [0.1, 0.15) is 28.6 Å². The third-order valence-electron chi connectivity index (χ3n) is 3.48. The van der Waals surface area contributed by atoms with E-state index in [2.05, 4.69) is 10.6 Å². The number of ether oxygens (including phenoxy) is 1. The molecular weight excluding hydrogens is 324 g/mol. The van der Waals surface area contributed by atoms with Crippen molar-refractivity contribution < 1.29 is 23.5 Å². The number of hydrogen-bond donors (Lipinski definition) is 2. The van der Waals surface area contributed by atoms with Crippen molar-refractivity contribution in [1.82, 2.24) is 10.6 Å². The molecule has 0 unspecified atom stereocenters. The van der Waals surface area contributed by atoms with Gasteiger partial charge in [0.25, 0.3) is 11.8 Å². The zero-order chi connectivity index (χ0) is 18.2. The number of aryl methyl sites for hydroxylation is 1. The lowest BCUT2D eigenvalue weighted by Crippen LogP contribution is -2.38. The highest BCUT2D eigenvalue weighted by Gasteiger charge is 2.18. The summed E-state index contributed by atoms with van der Waals surface area (Å²) in [5.41, 5.74) is 1.29. The van der Waals surface area contributed by atoms with Crippen LogP contribution in [0.2, 0.25) is 0 Å². The Morgan fingerprint density at radius 3 is 2.56 bits per heavy atom. The maximum absolute atomic E-state index is 12.0. The van der Waals surface area contributed by atoms with Crippen LogP contribution < -0.4 is 10.6 Å². The van der Waals surface area contributed by atoms with E-state index in [9.17, 15) is 14.4 Å². The topological polar surface area (TPSA) is 97.6 Å². The summed E-state index contributed by atoms with van der Waals surface area (Å²) >= 11 is 0. The predicted molar refractivity (Wildman–Crippen MR) is 89.6 cm³/mol. The van der Waals surface area contributed by atoms with Gasteiger partial charge in [-0.05, 0) is 37.6 Å². The van der Waals surface area contributed by atoms with Crippen molar-refractivity contribution in [3.05, 3.63) is 59.5 Å². The van der Waals surface area contributed by atoms with Crippen molar-refractivity contribution in [1.29, 1.82) is 0 Å². The molecule has 1 heterocycles. The monoisotopic (exact) mass is 344 g/mol. The number of rotatable bonds is 7. The number of furan rings is 1. The van der Waals surface area contributed by atoms with E-state index in [-0.39, 0.29) is 19.0 Å². The molecular formula is C18H20N2O5. The van der Waals surface area contributed by atoms with E-state index in [0.29, 0.717) is 11.3 Å². The molecule has 0 fully saturated rings. The molecule has 0 aliphatic heterocycles. The summed E-state index contributed by atoms with van der Waals surface area (Å²) < 4.78 is 10.1. The minimum absolute atomic E-state index is 0.206. The highest BCUT2D eigenvalue weighted by Crippen LogP contribution is 2.06. The number of benzene rings is 1. The van der Waals surface area contributed by atoms with E-state index in [1.807, 2.05) is 6.07 Å². The minimum atomic E-state index is -0.974. The lowest BCUT2D eigenvalue weighted by atomic mass is 10.1. The standard InChI is InChI=1S/C18H20N2O5/c1-12-6-3-4-8-15(12)18(23)20-11-16(21)25-13(2)17(22)19-10-14-7-5-9-24-14/h3-9,13H,10-11H2,1-2H3,(H,19,22)(H,20,23)/t13-/m1/s1. The summed E-state index contributed by atoms with van der Waals surface area (Å²) in [5.74, 6) is -0.917. The molecule has 0 saturated carbocycles. The van der Waals surface area contributed by atoms with Crippen LogP contribution >= 0.6 is 0 Å². The molecule has 0 spiro atoms. The van der Waals surface area contributed by atoms with Crippen molar-refractivity contribution in [3.8, 4) is 0 Å². The van der Waals surface area contributed by atoms with E-state index >= 15 is 0 Å². The fourth-order valence-electron chi connectivity index (χ4n) is 2.10. The summed E-state index contributed by atoms with van der Waals surface area (Å²) in [5, 5.41) is 5.07. The Kier molecular flexibility index (Phi) is 6.33. The van der Waals surface area contributed by atoms with Crippen molar-refractivity contribution in [2.24, 2.45) is 0 Å². The quantitative estimate of drug-likeness (QED) is 0.743. The van der Waals surface area contributed by atoms with Crippen molar-refractivity contribution >= 4 is 17.8 Å². The van der Waals surface area contributed by atoms with Gasteiger partial charge in [0.15, 0.2) is 6.10 Å². The lowest BCUT2D eigenvalue weighted by molar-refractivity contribution is -0.153. The highest BCUT2D eigenvalue weighted by molar-refractivity contribution is 5.97. The highest BCUT2D eigenvalue weighted by atomic mass is 16.5. The summed E-state index contributed by atoms with van der Waals surface area (Å²) in [6, 6.07) is 10.5. The Balaban J connectivity index is 1.74. The molecule has 2 rings (SSSR count). The van der Waals surface area contributed by atoms with E-state index < -0.39 is 18.0 Å². The molecule has 1 atom stereocenters. The predicted octanol–water partition coefficient (Wildman–Crippen LogP) is 1.57. The molecule has 7 heteroatoms. The average Bonchev–Trinajstić information content (AvgIpc) is 3.11. The largest absolute Gasteiger partial charge is 0.467 e. The van der Waals surface area contributed by atoms with Crippen molar-refractivity contribution in [2.45, 2.75) is 26.5 Å². The molecule has 0 aliphatic rings. The normalized spacial score (nSPS) is 11.4. The van der Waals surface area contributed by atoms with E-state index in [4.69, 9.17) is 9.15 Å². The Morgan fingerprint density at radius 2 is 1.88 bits per heavy atom. The maximum atomic E-state index is 12.0. The van der Waals surface area contributed by atoms with Gasteiger partial charge >= 0.3 is 5.97 Å². The first-order valence-electron chi connectivity index (χ1n) is 7.80. The summed E-state index contributed by atoms with van der Waals surface area (Å²) in [6.45, 7) is 3.15. The molecule has 7 nitrogen and oxygen atoms in total. The molecule has 1 aromatic heterocycles. The van der Waals surface area contributed by atoms with Crippen LogP contribution in [-0.4, -0.2) is 30.4 Å². The van der Waals surface area contributed by atoms with Crippen molar-refractivity contribution in [2.75, 3.05) is 6.54 Å². The molecule has 0 radical (unpaired) electrons. The third kappa shape index (κ3) is 5.49. The van der Waals surface area contributed by atoms with E-state index in [0.717, 1.165) is 5.56 Å². The molecule has 25 heavy (non-hydrogen) atoms. The van der Waals surface area contributed by atoms with Gasteiger partial charge in [-0.2, -0.15) is 0 Å². The Bertz CT molecular complexity index is 740. The van der Waals surface area contributed by atoms with Crippen LogP contribution in [0.3, 0.4) is 0 Å². The summed E-state index contributed by atoms with van der Waals surface area (Å²) in [6.07, 6.45) is 0.528.